The number of non-ortho nitro benzene ring substituents is 1. The molecule has 0 saturated carbocycles. The number of carbonyl (C=O) groups is 1. The molecule has 1 atom stereocenters. The first-order valence-electron chi connectivity index (χ1n) is 9.93. The van der Waals surface area contributed by atoms with Gasteiger partial charge in [0.15, 0.2) is 0 Å². The number of nitrogens with zero attached hydrogens (tertiary/aromatic N) is 2. The molecular formula is C23H23N3O5S. The van der Waals surface area contributed by atoms with Gasteiger partial charge in [-0.15, -0.1) is 0 Å². The normalized spacial score (nSPS) is 12.0. The molecule has 166 valence electrons. The van der Waals surface area contributed by atoms with Crippen molar-refractivity contribution in [2.75, 3.05) is 17.4 Å². The number of anilines is 1. The van der Waals surface area contributed by atoms with Crippen LogP contribution >= 0.6 is 0 Å². The van der Waals surface area contributed by atoms with E-state index in [-0.39, 0.29) is 22.2 Å². The third kappa shape index (κ3) is 5.50. The Kier molecular flexibility index (Phi) is 7.21. The minimum absolute atomic E-state index is 0.0167. The first kappa shape index (κ1) is 23.0. The minimum Gasteiger partial charge on any atom is -0.354 e. The number of benzene rings is 3. The van der Waals surface area contributed by atoms with Gasteiger partial charge in [0.25, 0.3) is 15.7 Å². The molecular weight excluding hydrogens is 430 g/mol. The molecule has 3 aromatic rings. The zero-order chi connectivity index (χ0) is 23.1. The second-order valence-electron chi connectivity index (χ2n) is 7.22. The second kappa shape index (κ2) is 10.1. The third-order valence-corrected chi connectivity index (χ3v) is 6.71. The number of nitro benzene ring substituents is 1. The molecule has 0 aliphatic carbocycles. The molecule has 0 aliphatic heterocycles. The predicted octanol–water partition coefficient (Wildman–Crippen LogP) is 3.71. The average Bonchev–Trinajstić information content (AvgIpc) is 2.82. The van der Waals surface area contributed by atoms with Crippen LogP contribution in [0.1, 0.15) is 18.4 Å². The van der Waals surface area contributed by atoms with E-state index in [2.05, 4.69) is 5.32 Å². The van der Waals surface area contributed by atoms with Crippen LogP contribution in [0, 0.1) is 10.1 Å². The van der Waals surface area contributed by atoms with Crippen LogP contribution in [-0.4, -0.2) is 32.3 Å². The average molecular weight is 454 g/mol. The van der Waals surface area contributed by atoms with E-state index in [9.17, 15) is 23.3 Å². The van der Waals surface area contributed by atoms with E-state index in [0.29, 0.717) is 6.54 Å². The van der Waals surface area contributed by atoms with Crippen molar-refractivity contribution < 1.29 is 18.1 Å². The van der Waals surface area contributed by atoms with Crippen molar-refractivity contribution in [1.29, 1.82) is 0 Å². The number of hydrogen-bond donors (Lipinski definition) is 1. The van der Waals surface area contributed by atoms with Crippen LogP contribution in [0.2, 0.25) is 0 Å². The highest BCUT2D eigenvalue weighted by molar-refractivity contribution is 7.92. The van der Waals surface area contributed by atoms with Gasteiger partial charge in [-0.1, -0.05) is 61.5 Å². The SMILES string of the molecule is CC(CNC(=O)CN(c1cccc([N+](=O)[O-])c1)S(=O)(=O)c1ccccc1)c1ccccc1. The van der Waals surface area contributed by atoms with Gasteiger partial charge in [0.1, 0.15) is 6.54 Å². The summed E-state index contributed by atoms with van der Waals surface area (Å²) in [6.07, 6.45) is 0. The Balaban J connectivity index is 1.85. The molecule has 0 spiro atoms. The van der Waals surface area contributed by atoms with Gasteiger partial charge in [-0.05, 0) is 29.7 Å². The van der Waals surface area contributed by atoms with E-state index in [1.165, 1.54) is 30.3 Å². The zero-order valence-electron chi connectivity index (χ0n) is 17.4. The molecule has 0 fully saturated rings. The smallest absolute Gasteiger partial charge is 0.271 e. The monoisotopic (exact) mass is 453 g/mol. The van der Waals surface area contributed by atoms with Gasteiger partial charge in [-0.3, -0.25) is 19.2 Å². The lowest BCUT2D eigenvalue weighted by Gasteiger charge is -2.24. The Labute approximate surface area is 186 Å². The van der Waals surface area contributed by atoms with Crippen LogP contribution in [0.25, 0.3) is 0 Å². The first-order chi connectivity index (χ1) is 15.3. The van der Waals surface area contributed by atoms with Gasteiger partial charge in [0.05, 0.1) is 15.5 Å². The van der Waals surface area contributed by atoms with Gasteiger partial charge < -0.3 is 5.32 Å². The fraction of sp³-hybridized carbons (Fsp3) is 0.174. The fourth-order valence-corrected chi connectivity index (χ4v) is 4.58. The van der Waals surface area contributed by atoms with Crippen LogP contribution < -0.4 is 9.62 Å². The van der Waals surface area contributed by atoms with Crippen molar-refractivity contribution in [1.82, 2.24) is 5.32 Å². The summed E-state index contributed by atoms with van der Waals surface area (Å²) >= 11 is 0. The predicted molar refractivity (Wildman–Crippen MR) is 122 cm³/mol. The van der Waals surface area contributed by atoms with Crippen LogP contribution in [0.5, 0.6) is 0 Å². The Morgan fingerprint density at radius 2 is 1.62 bits per heavy atom. The summed E-state index contributed by atoms with van der Waals surface area (Å²) in [6, 6.07) is 22.5. The molecule has 8 nitrogen and oxygen atoms in total. The minimum atomic E-state index is -4.13. The highest BCUT2D eigenvalue weighted by Crippen LogP contribution is 2.27. The number of sulfonamides is 1. The van der Waals surface area contributed by atoms with Crippen molar-refractivity contribution >= 4 is 27.3 Å². The number of nitrogens with one attached hydrogen (secondary N) is 1. The fourth-order valence-electron chi connectivity index (χ4n) is 3.15. The standard InChI is InChI=1S/C23H23N3O5S/c1-18(19-9-4-2-5-10-19)16-24-23(27)17-25(20-11-8-12-21(15-20)26(28)29)32(30,31)22-13-6-3-7-14-22/h2-15,18H,16-17H2,1H3,(H,24,27). The van der Waals surface area contributed by atoms with Crippen LogP contribution in [0.4, 0.5) is 11.4 Å². The largest absolute Gasteiger partial charge is 0.354 e. The lowest BCUT2D eigenvalue weighted by Crippen LogP contribution is -2.41. The highest BCUT2D eigenvalue weighted by Gasteiger charge is 2.28. The van der Waals surface area contributed by atoms with Crippen LogP contribution in [0.3, 0.4) is 0 Å². The van der Waals surface area contributed by atoms with Crippen molar-refractivity contribution in [3.05, 3.63) is 101 Å². The molecule has 32 heavy (non-hydrogen) atoms. The van der Waals surface area contributed by atoms with Crippen molar-refractivity contribution in [2.45, 2.75) is 17.7 Å². The molecule has 0 bridgehead atoms. The van der Waals surface area contributed by atoms with E-state index in [4.69, 9.17) is 0 Å². The molecule has 3 rings (SSSR count). The molecule has 1 N–H and O–H groups in total. The molecule has 0 radical (unpaired) electrons. The van der Waals surface area contributed by atoms with E-state index in [1.807, 2.05) is 37.3 Å². The maximum absolute atomic E-state index is 13.3. The Hall–Kier alpha value is -3.72. The van der Waals surface area contributed by atoms with Crippen LogP contribution in [0.15, 0.2) is 89.8 Å². The third-order valence-electron chi connectivity index (χ3n) is 4.92. The highest BCUT2D eigenvalue weighted by atomic mass is 32.2. The van der Waals surface area contributed by atoms with Gasteiger partial charge in [0, 0.05) is 18.7 Å². The Morgan fingerprint density at radius 1 is 1.00 bits per heavy atom. The summed E-state index contributed by atoms with van der Waals surface area (Å²) in [5.41, 5.74) is 0.809. The summed E-state index contributed by atoms with van der Waals surface area (Å²) in [6.45, 7) is 1.76. The Morgan fingerprint density at radius 3 is 2.25 bits per heavy atom. The summed E-state index contributed by atoms with van der Waals surface area (Å²) in [5, 5.41) is 14.0. The van der Waals surface area contributed by atoms with E-state index >= 15 is 0 Å². The van der Waals surface area contributed by atoms with Gasteiger partial charge >= 0.3 is 0 Å². The number of carbonyl (C=O) groups excluding carboxylic acids is 1. The molecule has 0 aromatic heterocycles. The summed E-state index contributed by atoms with van der Waals surface area (Å²) in [7, 11) is -4.13. The van der Waals surface area contributed by atoms with Gasteiger partial charge in [0.2, 0.25) is 5.91 Å². The topological polar surface area (TPSA) is 110 Å². The number of nitro groups is 1. The molecule has 1 unspecified atom stereocenters. The Bertz CT molecular complexity index is 1180. The maximum atomic E-state index is 13.3. The second-order valence-corrected chi connectivity index (χ2v) is 9.08. The molecule has 3 aromatic carbocycles. The number of amides is 1. The molecule has 0 aliphatic rings. The lowest BCUT2D eigenvalue weighted by molar-refractivity contribution is -0.384. The van der Waals surface area contributed by atoms with Crippen molar-refractivity contribution in [3.8, 4) is 0 Å². The van der Waals surface area contributed by atoms with E-state index < -0.39 is 27.4 Å². The van der Waals surface area contributed by atoms with Crippen molar-refractivity contribution in [2.24, 2.45) is 0 Å². The van der Waals surface area contributed by atoms with Gasteiger partial charge in [-0.2, -0.15) is 0 Å². The summed E-state index contributed by atoms with van der Waals surface area (Å²) in [4.78, 5) is 23.3. The van der Waals surface area contributed by atoms with E-state index in [0.717, 1.165) is 15.9 Å². The molecule has 0 heterocycles. The number of hydrogen-bond acceptors (Lipinski definition) is 5. The summed E-state index contributed by atoms with van der Waals surface area (Å²) < 4.78 is 27.5. The van der Waals surface area contributed by atoms with Gasteiger partial charge in [-0.25, -0.2) is 8.42 Å². The van der Waals surface area contributed by atoms with Crippen molar-refractivity contribution in [3.63, 3.8) is 0 Å². The molecule has 0 saturated heterocycles. The number of rotatable bonds is 9. The quantitative estimate of drug-likeness (QED) is 0.392. The zero-order valence-corrected chi connectivity index (χ0v) is 18.2. The maximum Gasteiger partial charge on any atom is 0.271 e. The lowest BCUT2D eigenvalue weighted by atomic mass is 10.0. The van der Waals surface area contributed by atoms with Crippen LogP contribution in [-0.2, 0) is 14.8 Å². The molecule has 9 heteroatoms. The first-order valence-corrected chi connectivity index (χ1v) is 11.4. The summed E-state index contributed by atoms with van der Waals surface area (Å²) in [5.74, 6) is -0.490. The molecule has 1 amide bonds. The van der Waals surface area contributed by atoms with E-state index in [1.54, 1.807) is 18.2 Å².